The Hall–Kier alpha value is -4.28. The summed E-state index contributed by atoms with van der Waals surface area (Å²) < 4.78 is 23.4. The van der Waals surface area contributed by atoms with Crippen molar-refractivity contribution in [2.45, 2.75) is 51.5 Å². The number of hydrogen-bond acceptors (Lipinski definition) is 6. The lowest BCUT2D eigenvalue weighted by molar-refractivity contribution is 0.0606. The number of amides is 2. The van der Waals surface area contributed by atoms with Gasteiger partial charge in [0.25, 0.3) is 11.8 Å². The van der Waals surface area contributed by atoms with Gasteiger partial charge in [0, 0.05) is 57.8 Å². The van der Waals surface area contributed by atoms with Gasteiger partial charge < -0.3 is 25.3 Å². The molecule has 1 saturated carbocycles. The number of thiophene rings is 1. The van der Waals surface area contributed by atoms with Gasteiger partial charge >= 0.3 is 0 Å². The standard InChI is InChI=1S/C35H34FN5O3S/c1-18-31-29(44-2)11-22(35(43)40-16-24(36)13-25(37)17-40)12-30(31)45-32(18)28-10-21-6-8-27(39-33(21)41(28)15-19-3-4-19)20-5-7-26-23(9-20)14-38-34(26)42/h5-12,19,24-25H,3-4,13-17,37H2,1-2H3,(H,38,42)/t24-,25-/m1/s1. The van der Waals surface area contributed by atoms with E-state index in [-0.39, 0.29) is 30.8 Å². The van der Waals surface area contributed by atoms with Crippen molar-refractivity contribution in [2.75, 3.05) is 20.2 Å². The SMILES string of the molecule is COc1cc(C(=O)N2C[C@H](N)C[C@@H](F)C2)cc2sc(-c3cc4ccc(-c5ccc6c(c5)CNC6=O)nc4n3CC3CC3)c(C)c12. The number of rotatable bonds is 6. The number of aryl methyl sites for hydroxylation is 1. The summed E-state index contributed by atoms with van der Waals surface area (Å²) in [5.74, 6) is 0.986. The second kappa shape index (κ2) is 10.7. The largest absolute Gasteiger partial charge is 0.496 e. The smallest absolute Gasteiger partial charge is 0.254 e. The van der Waals surface area contributed by atoms with Crippen LogP contribution in [-0.4, -0.2) is 58.7 Å². The van der Waals surface area contributed by atoms with Gasteiger partial charge in [-0.3, -0.25) is 9.59 Å². The summed E-state index contributed by atoms with van der Waals surface area (Å²) in [6.45, 7) is 3.92. The maximum atomic E-state index is 14.3. The highest BCUT2D eigenvalue weighted by Crippen LogP contribution is 2.45. The molecule has 8 rings (SSSR count). The quantitative estimate of drug-likeness (QED) is 0.239. The number of carbonyl (C=O) groups is 2. The molecule has 2 amide bonds. The van der Waals surface area contributed by atoms with Gasteiger partial charge in [0.05, 0.1) is 29.9 Å². The molecule has 230 valence electrons. The third-order valence-electron chi connectivity index (χ3n) is 9.38. The van der Waals surface area contributed by atoms with Gasteiger partial charge in [0.1, 0.15) is 17.6 Å². The zero-order chi connectivity index (χ0) is 31.0. The maximum absolute atomic E-state index is 14.3. The van der Waals surface area contributed by atoms with Gasteiger partial charge in [-0.25, -0.2) is 9.37 Å². The fourth-order valence-corrected chi connectivity index (χ4v) is 8.19. The Balaban J connectivity index is 1.22. The van der Waals surface area contributed by atoms with Crippen LogP contribution in [0.1, 0.15) is 51.1 Å². The van der Waals surface area contributed by atoms with Gasteiger partial charge in [-0.05, 0) is 85.7 Å². The fraction of sp³-hybridized carbons (Fsp3) is 0.343. The lowest BCUT2D eigenvalue weighted by Crippen LogP contribution is -2.50. The molecule has 0 spiro atoms. The van der Waals surface area contributed by atoms with Gasteiger partial charge in [-0.2, -0.15) is 0 Å². The Labute approximate surface area is 264 Å². The normalized spacial score (nSPS) is 19.7. The highest BCUT2D eigenvalue weighted by Gasteiger charge is 2.31. The molecule has 0 bridgehead atoms. The predicted molar refractivity (Wildman–Crippen MR) is 175 cm³/mol. The maximum Gasteiger partial charge on any atom is 0.254 e. The van der Waals surface area contributed by atoms with E-state index >= 15 is 0 Å². The number of pyridine rings is 1. The minimum atomic E-state index is -1.12. The molecule has 10 heteroatoms. The summed E-state index contributed by atoms with van der Waals surface area (Å²) in [4.78, 5) is 33.4. The summed E-state index contributed by atoms with van der Waals surface area (Å²) in [5, 5.41) is 4.94. The fourth-order valence-electron chi connectivity index (χ4n) is 6.90. The van der Waals surface area contributed by atoms with E-state index in [1.807, 2.05) is 24.3 Å². The number of nitrogens with two attached hydrogens (primary N) is 1. The first-order chi connectivity index (χ1) is 21.8. The number of ether oxygens (including phenoxy) is 1. The van der Waals surface area contributed by atoms with Crippen molar-refractivity contribution in [2.24, 2.45) is 11.7 Å². The van der Waals surface area contributed by atoms with Crippen LogP contribution in [0.4, 0.5) is 4.39 Å². The number of methoxy groups -OCH3 is 1. The van der Waals surface area contributed by atoms with Crippen molar-refractivity contribution in [3.05, 3.63) is 70.8 Å². The van der Waals surface area contributed by atoms with Gasteiger partial charge in [0.15, 0.2) is 0 Å². The lowest BCUT2D eigenvalue weighted by atomic mass is 10.0. The van der Waals surface area contributed by atoms with Crippen LogP contribution in [-0.2, 0) is 13.1 Å². The molecule has 5 aromatic rings. The number of halogens is 1. The van der Waals surface area contributed by atoms with E-state index in [2.05, 4.69) is 35.0 Å². The molecule has 2 atom stereocenters. The van der Waals surface area contributed by atoms with Gasteiger partial charge in [0.2, 0.25) is 0 Å². The average Bonchev–Trinajstić information content (AvgIpc) is 3.56. The summed E-state index contributed by atoms with van der Waals surface area (Å²) >= 11 is 1.64. The number of nitrogens with zero attached hydrogens (tertiary/aromatic N) is 3. The lowest BCUT2D eigenvalue weighted by Gasteiger charge is -2.33. The summed E-state index contributed by atoms with van der Waals surface area (Å²) in [7, 11) is 1.62. The molecule has 2 aliphatic heterocycles. The third-order valence-corrected chi connectivity index (χ3v) is 10.6. The molecule has 3 N–H and O–H groups in total. The van der Waals surface area contributed by atoms with Crippen LogP contribution in [0.2, 0.25) is 0 Å². The monoisotopic (exact) mass is 623 g/mol. The molecule has 3 aliphatic rings. The number of alkyl halides is 1. The van der Waals surface area contributed by atoms with Crippen molar-refractivity contribution >= 4 is 44.3 Å². The molecule has 2 fully saturated rings. The van der Waals surface area contributed by atoms with E-state index in [0.717, 1.165) is 66.2 Å². The number of nitrogens with one attached hydrogen (secondary N) is 1. The molecule has 5 heterocycles. The number of hydrogen-bond donors (Lipinski definition) is 2. The first kappa shape index (κ1) is 28.2. The van der Waals surface area contributed by atoms with Crippen molar-refractivity contribution in [3.63, 3.8) is 0 Å². The summed E-state index contributed by atoms with van der Waals surface area (Å²) in [5.41, 5.74) is 13.2. The molecule has 2 aromatic carbocycles. The van der Waals surface area contributed by atoms with E-state index in [0.29, 0.717) is 30.3 Å². The number of fused-ring (bicyclic) bond motifs is 3. The van der Waals surface area contributed by atoms with Crippen molar-refractivity contribution in [3.8, 4) is 27.6 Å². The second-order valence-corrected chi connectivity index (χ2v) is 13.7. The second-order valence-electron chi connectivity index (χ2n) is 12.7. The number of aromatic nitrogens is 2. The molecule has 45 heavy (non-hydrogen) atoms. The third kappa shape index (κ3) is 4.87. The Morgan fingerprint density at radius 3 is 2.78 bits per heavy atom. The molecule has 1 aliphatic carbocycles. The van der Waals surface area contributed by atoms with Crippen LogP contribution in [0.3, 0.4) is 0 Å². The predicted octanol–water partition coefficient (Wildman–Crippen LogP) is 6.07. The highest BCUT2D eigenvalue weighted by molar-refractivity contribution is 7.22. The highest BCUT2D eigenvalue weighted by atomic mass is 32.1. The molecular formula is C35H34FN5O3S. The van der Waals surface area contributed by atoms with E-state index in [9.17, 15) is 14.0 Å². The van der Waals surface area contributed by atoms with E-state index in [1.165, 1.54) is 17.7 Å². The molecular weight excluding hydrogens is 589 g/mol. The van der Waals surface area contributed by atoms with Crippen molar-refractivity contribution in [1.29, 1.82) is 0 Å². The summed E-state index contributed by atoms with van der Waals surface area (Å²) in [6.07, 6.45) is 1.56. The Kier molecular flexibility index (Phi) is 6.69. The minimum absolute atomic E-state index is 0.0289. The van der Waals surface area contributed by atoms with E-state index < -0.39 is 6.17 Å². The molecule has 8 nitrogen and oxygen atoms in total. The number of likely N-dealkylation sites (tertiary alicyclic amines) is 1. The van der Waals surface area contributed by atoms with Crippen LogP contribution in [0.25, 0.3) is 42.9 Å². The average molecular weight is 624 g/mol. The van der Waals surface area contributed by atoms with E-state index in [1.54, 1.807) is 24.5 Å². The summed E-state index contributed by atoms with van der Waals surface area (Å²) in [6, 6.07) is 15.6. The number of benzene rings is 2. The van der Waals surface area contributed by atoms with E-state index in [4.69, 9.17) is 15.5 Å². The minimum Gasteiger partial charge on any atom is -0.496 e. The van der Waals surface area contributed by atoms with Crippen LogP contribution in [0.15, 0.2) is 48.5 Å². The van der Waals surface area contributed by atoms with Gasteiger partial charge in [-0.1, -0.05) is 6.07 Å². The van der Waals surface area contributed by atoms with Gasteiger partial charge in [-0.15, -0.1) is 11.3 Å². The topological polar surface area (TPSA) is 102 Å². The molecule has 0 radical (unpaired) electrons. The van der Waals surface area contributed by atoms with Crippen LogP contribution in [0.5, 0.6) is 5.75 Å². The first-order valence-corrected chi connectivity index (χ1v) is 16.3. The Morgan fingerprint density at radius 2 is 2.00 bits per heavy atom. The zero-order valence-electron chi connectivity index (χ0n) is 25.2. The number of carbonyl (C=O) groups excluding carboxylic acids is 2. The molecule has 3 aromatic heterocycles. The Morgan fingerprint density at radius 1 is 1.16 bits per heavy atom. The van der Waals surface area contributed by atoms with Crippen LogP contribution >= 0.6 is 11.3 Å². The van der Waals surface area contributed by atoms with Crippen molar-refractivity contribution < 1.29 is 18.7 Å². The van der Waals surface area contributed by atoms with Crippen LogP contribution < -0.4 is 15.8 Å². The Bertz CT molecular complexity index is 2020. The molecule has 1 saturated heterocycles. The van der Waals surface area contributed by atoms with Crippen molar-refractivity contribution in [1.82, 2.24) is 19.8 Å². The first-order valence-electron chi connectivity index (χ1n) is 15.5. The van der Waals surface area contributed by atoms with Crippen LogP contribution in [0, 0.1) is 12.8 Å². The molecule has 0 unspecified atom stereocenters. The number of piperidine rings is 1. The zero-order valence-corrected chi connectivity index (χ0v) is 26.0.